The van der Waals surface area contributed by atoms with Crippen molar-refractivity contribution in [2.24, 2.45) is 0 Å². The quantitative estimate of drug-likeness (QED) is 0.0375. The van der Waals surface area contributed by atoms with Gasteiger partial charge >= 0.3 is 11.9 Å². The fraction of sp³-hybridized carbons (Fsp3) is 0.475. The van der Waals surface area contributed by atoms with Gasteiger partial charge in [0.2, 0.25) is 0 Å². The minimum Gasteiger partial charge on any atom is -0.461 e. The Morgan fingerprint density at radius 1 is 0.364 bits per heavy atom. The first-order valence-corrected chi connectivity index (χ1v) is 25.3. The van der Waals surface area contributed by atoms with Crippen LogP contribution in [0.4, 0.5) is 0 Å². The first-order chi connectivity index (χ1) is 32.6. The Morgan fingerprint density at radius 2 is 0.652 bits per heavy atom. The number of carbonyl (C=O) groups is 2. The van der Waals surface area contributed by atoms with Gasteiger partial charge in [-0.05, 0) is 116 Å². The van der Waals surface area contributed by atoms with Crippen LogP contribution in [0, 0.1) is 0 Å². The molecule has 1 N–H and O–H groups in total. The van der Waals surface area contributed by atoms with Crippen LogP contribution in [0.25, 0.3) is 0 Å². The fourth-order valence-corrected chi connectivity index (χ4v) is 6.01. The predicted molar refractivity (Wildman–Crippen MR) is 287 cm³/mol. The molecule has 0 saturated heterocycles. The lowest BCUT2D eigenvalue weighted by atomic mass is 10.1. The number of esters is 2. The molecule has 0 fully saturated rings. The molecule has 5 heteroatoms. The number of allylic oxidation sites excluding steroid dienone is 29. The van der Waals surface area contributed by atoms with Crippen molar-refractivity contribution >= 4 is 11.9 Å². The van der Waals surface area contributed by atoms with E-state index < -0.39 is 12.1 Å². The molecular weight excluding hydrogens is 813 g/mol. The van der Waals surface area contributed by atoms with E-state index in [9.17, 15) is 14.7 Å². The van der Waals surface area contributed by atoms with Crippen LogP contribution in [0.5, 0.6) is 0 Å². The van der Waals surface area contributed by atoms with Gasteiger partial charge in [-0.2, -0.15) is 0 Å². The molecule has 0 saturated carbocycles. The Balaban J connectivity index is 3.73. The lowest BCUT2D eigenvalue weighted by molar-refractivity contribution is -0.161. The number of aliphatic hydroxyl groups excluding tert-OH is 1. The van der Waals surface area contributed by atoms with Crippen LogP contribution in [-0.4, -0.2) is 36.4 Å². The second-order valence-corrected chi connectivity index (χ2v) is 15.8. The smallest absolute Gasteiger partial charge is 0.309 e. The van der Waals surface area contributed by atoms with Gasteiger partial charge in [-0.1, -0.05) is 222 Å². The lowest BCUT2D eigenvalue weighted by Gasteiger charge is -2.15. The molecule has 0 radical (unpaired) electrons. The standard InChI is InChI=1S/C61H90O5/c1-3-5-7-9-11-13-15-17-19-20-21-22-23-24-25-26-27-28-29-30-31-32-33-34-35-36-37-38-39-40-42-44-46-48-50-52-54-56-61(64)66-59(57-62)58-65-60(63)55-53-51-49-47-45-43-41-18-16-14-12-10-8-6-4-2/h5-8,11-14,17-19,21-22,24-25,27-28,30-31,33-34,36-37,39-41,45,47,51,53,59,62H,3-4,9-10,15-16,20,23,26,29,32,35,38,42-44,46,48-50,52,54-58H2,1-2H3/b7-5-,8-6-,13-11-,14-12-,19-17-,22-21-,25-24-,28-27-,31-30-,34-33-,37-36-,40-39-,41-18-,47-45-,53-51-. The highest BCUT2D eigenvalue weighted by atomic mass is 16.6. The van der Waals surface area contributed by atoms with Crippen LogP contribution in [0.2, 0.25) is 0 Å². The summed E-state index contributed by atoms with van der Waals surface area (Å²) in [5.74, 6) is -0.774. The second-order valence-electron chi connectivity index (χ2n) is 15.8. The number of ether oxygens (including phenoxy) is 2. The predicted octanol–water partition coefficient (Wildman–Crippen LogP) is 17.2. The summed E-state index contributed by atoms with van der Waals surface area (Å²) < 4.78 is 10.5. The highest BCUT2D eigenvalue weighted by molar-refractivity contribution is 5.71. The van der Waals surface area contributed by atoms with Crippen molar-refractivity contribution < 1.29 is 24.2 Å². The van der Waals surface area contributed by atoms with Crippen LogP contribution in [0.3, 0.4) is 0 Å². The molecule has 0 amide bonds. The normalized spacial score (nSPS) is 13.8. The molecule has 0 aromatic carbocycles. The zero-order valence-corrected chi connectivity index (χ0v) is 41.4. The summed E-state index contributed by atoms with van der Waals surface area (Å²) >= 11 is 0. The van der Waals surface area contributed by atoms with Crippen molar-refractivity contribution in [3.63, 3.8) is 0 Å². The van der Waals surface area contributed by atoms with Gasteiger partial charge in [-0.15, -0.1) is 0 Å². The van der Waals surface area contributed by atoms with Crippen molar-refractivity contribution in [2.75, 3.05) is 13.2 Å². The Morgan fingerprint density at radius 3 is 0.985 bits per heavy atom. The Kier molecular flexibility index (Phi) is 50.2. The van der Waals surface area contributed by atoms with Gasteiger partial charge in [0.15, 0.2) is 6.10 Å². The molecule has 0 rings (SSSR count). The van der Waals surface area contributed by atoms with Gasteiger partial charge in [0, 0.05) is 6.42 Å². The van der Waals surface area contributed by atoms with Gasteiger partial charge in [0.05, 0.1) is 13.0 Å². The van der Waals surface area contributed by atoms with Crippen LogP contribution in [0.15, 0.2) is 182 Å². The molecule has 0 heterocycles. The number of hydrogen-bond acceptors (Lipinski definition) is 5. The number of hydrogen-bond donors (Lipinski definition) is 1. The van der Waals surface area contributed by atoms with E-state index in [4.69, 9.17) is 9.47 Å². The van der Waals surface area contributed by atoms with E-state index in [0.717, 1.165) is 128 Å². The van der Waals surface area contributed by atoms with Crippen molar-refractivity contribution in [3.05, 3.63) is 182 Å². The first-order valence-electron chi connectivity index (χ1n) is 25.3. The second kappa shape index (κ2) is 54.3. The topological polar surface area (TPSA) is 72.8 Å². The average molecular weight is 903 g/mol. The summed E-state index contributed by atoms with van der Waals surface area (Å²) in [6.45, 7) is 3.78. The summed E-state index contributed by atoms with van der Waals surface area (Å²) in [6, 6.07) is 0. The Hall–Kier alpha value is -5.00. The summed E-state index contributed by atoms with van der Waals surface area (Å²) in [4.78, 5) is 24.3. The molecule has 66 heavy (non-hydrogen) atoms. The van der Waals surface area contributed by atoms with Gasteiger partial charge in [-0.25, -0.2) is 0 Å². The maximum absolute atomic E-state index is 12.2. The SMILES string of the molecule is CC/C=C\C/C=C\C/C=C\C/C=C\C/C=C\C/C=C\C/C=C\C/C=C\C/C=C\C/C=C\CCCCCCCCC(=O)OC(CO)COC(=O)C/C=C\C/C=C\C/C=C\C/C=C\C/C=C\CC. The molecule has 0 aliphatic carbocycles. The highest BCUT2D eigenvalue weighted by Crippen LogP contribution is 2.11. The van der Waals surface area contributed by atoms with Crippen LogP contribution < -0.4 is 0 Å². The molecule has 0 aliphatic rings. The molecule has 5 nitrogen and oxygen atoms in total. The largest absolute Gasteiger partial charge is 0.461 e. The van der Waals surface area contributed by atoms with E-state index >= 15 is 0 Å². The zero-order chi connectivity index (χ0) is 47.7. The number of carbonyl (C=O) groups excluding carboxylic acids is 2. The van der Waals surface area contributed by atoms with Crippen molar-refractivity contribution in [3.8, 4) is 0 Å². The third-order valence-electron chi connectivity index (χ3n) is 9.73. The van der Waals surface area contributed by atoms with Gasteiger partial charge in [0.1, 0.15) is 6.61 Å². The Labute approximate surface area is 404 Å². The van der Waals surface area contributed by atoms with Gasteiger partial charge in [0.25, 0.3) is 0 Å². The van der Waals surface area contributed by atoms with E-state index in [1.54, 1.807) is 6.08 Å². The summed E-state index contributed by atoms with van der Waals surface area (Å²) in [6.07, 6.45) is 87.2. The number of aliphatic hydroxyl groups is 1. The van der Waals surface area contributed by atoms with Crippen molar-refractivity contribution in [1.82, 2.24) is 0 Å². The summed E-state index contributed by atoms with van der Waals surface area (Å²) in [5.41, 5.74) is 0. The van der Waals surface area contributed by atoms with E-state index in [-0.39, 0.29) is 25.6 Å². The monoisotopic (exact) mass is 903 g/mol. The lowest BCUT2D eigenvalue weighted by Crippen LogP contribution is -2.28. The number of rotatable bonds is 43. The third kappa shape index (κ3) is 51.6. The van der Waals surface area contributed by atoms with Crippen LogP contribution >= 0.6 is 0 Å². The molecule has 0 spiro atoms. The van der Waals surface area contributed by atoms with Gasteiger partial charge < -0.3 is 14.6 Å². The molecule has 0 aromatic heterocycles. The van der Waals surface area contributed by atoms with Crippen molar-refractivity contribution in [1.29, 1.82) is 0 Å². The zero-order valence-electron chi connectivity index (χ0n) is 41.4. The third-order valence-corrected chi connectivity index (χ3v) is 9.73. The van der Waals surface area contributed by atoms with E-state index in [1.165, 1.54) is 12.8 Å². The first kappa shape index (κ1) is 61.0. The maximum atomic E-state index is 12.2. The molecular formula is C61H90O5. The molecule has 1 atom stereocenters. The maximum Gasteiger partial charge on any atom is 0.309 e. The Bertz CT molecular complexity index is 1580. The molecule has 0 bridgehead atoms. The van der Waals surface area contributed by atoms with Crippen LogP contribution in [-0.2, 0) is 19.1 Å². The van der Waals surface area contributed by atoms with E-state index in [2.05, 4.69) is 184 Å². The highest BCUT2D eigenvalue weighted by Gasteiger charge is 2.15. The molecule has 0 aromatic rings. The van der Waals surface area contributed by atoms with Gasteiger partial charge in [-0.3, -0.25) is 9.59 Å². The van der Waals surface area contributed by atoms with Crippen molar-refractivity contribution in [2.45, 2.75) is 174 Å². The summed E-state index contributed by atoms with van der Waals surface area (Å²) in [7, 11) is 0. The van der Waals surface area contributed by atoms with E-state index in [0.29, 0.717) is 6.42 Å². The van der Waals surface area contributed by atoms with E-state index in [1.807, 2.05) is 6.08 Å². The summed E-state index contributed by atoms with van der Waals surface area (Å²) in [5, 5.41) is 9.59. The minimum absolute atomic E-state index is 0.137. The molecule has 1 unspecified atom stereocenters. The number of unbranched alkanes of at least 4 members (excludes halogenated alkanes) is 6. The minimum atomic E-state index is -0.834. The van der Waals surface area contributed by atoms with Crippen LogP contribution in [0.1, 0.15) is 168 Å². The average Bonchev–Trinajstić information content (AvgIpc) is 3.32. The molecule has 364 valence electrons. The fourth-order valence-electron chi connectivity index (χ4n) is 6.01. The molecule has 0 aliphatic heterocycles.